The summed E-state index contributed by atoms with van der Waals surface area (Å²) in [7, 11) is 0. The normalized spacial score (nSPS) is 27.2. The Morgan fingerprint density at radius 2 is 2.42 bits per heavy atom. The van der Waals surface area contributed by atoms with E-state index in [1.807, 2.05) is 0 Å². The Morgan fingerprint density at radius 1 is 1.67 bits per heavy atom. The molecule has 2 unspecified atom stereocenters. The van der Waals surface area contributed by atoms with Crippen LogP contribution in [0.5, 0.6) is 0 Å². The Morgan fingerprint density at radius 3 is 3.00 bits per heavy atom. The number of rotatable bonds is 3. The number of carbonyl (C=O) groups is 1. The highest BCUT2D eigenvalue weighted by molar-refractivity contribution is 5.82. The molecule has 2 nitrogen and oxygen atoms in total. The van der Waals surface area contributed by atoms with Crippen LogP contribution in [-0.4, -0.2) is 19.0 Å². The molecular formula is C10H18O2. The molecule has 0 N–H and O–H groups in total. The molecule has 0 aromatic carbocycles. The SMILES string of the molecule is CCCC(C)C1COCCC1=O. The van der Waals surface area contributed by atoms with E-state index in [9.17, 15) is 4.79 Å². The number of hydrogen-bond donors (Lipinski definition) is 0. The fraction of sp³-hybridized carbons (Fsp3) is 0.900. The van der Waals surface area contributed by atoms with Crippen molar-refractivity contribution in [1.82, 2.24) is 0 Å². The smallest absolute Gasteiger partial charge is 0.140 e. The zero-order valence-electron chi connectivity index (χ0n) is 8.01. The van der Waals surface area contributed by atoms with Gasteiger partial charge in [0.15, 0.2) is 0 Å². The minimum absolute atomic E-state index is 0.179. The Labute approximate surface area is 74.3 Å². The third-order valence-corrected chi connectivity index (χ3v) is 2.63. The third kappa shape index (κ3) is 2.31. The average molecular weight is 170 g/mol. The molecule has 12 heavy (non-hydrogen) atoms. The van der Waals surface area contributed by atoms with Crippen molar-refractivity contribution in [3.05, 3.63) is 0 Å². The summed E-state index contributed by atoms with van der Waals surface area (Å²) in [5.74, 6) is 1.09. The van der Waals surface area contributed by atoms with Gasteiger partial charge in [0.1, 0.15) is 5.78 Å². The molecule has 0 saturated carbocycles. The summed E-state index contributed by atoms with van der Waals surface area (Å²) in [6.45, 7) is 5.60. The van der Waals surface area contributed by atoms with Gasteiger partial charge in [0, 0.05) is 12.3 Å². The van der Waals surface area contributed by atoms with Crippen LogP contribution in [-0.2, 0) is 9.53 Å². The standard InChI is InChI=1S/C10H18O2/c1-3-4-8(2)9-7-12-6-5-10(9)11/h8-9H,3-7H2,1-2H3. The highest BCUT2D eigenvalue weighted by Crippen LogP contribution is 2.22. The number of hydrogen-bond acceptors (Lipinski definition) is 2. The van der Waals surface area contributed by atoms with Crippen molar-refractivity contribution < 1.29 is 9.53 Å². The summed E-state index contributed by atoms with van der Waals surface area (Å²) in [5.41, 5.74) is 0. The first-order valence-corrected chi connectivity index (χ1v) is 4.86. The first-order chi connectivity index (χ1) is 5.75. The van der Waals surface area contributed by atoms with E-state index in [-0.39, 0.29) is 5.92 Å². The first-order valence-electron chi connectivity index (χ1n) is 4.86. The molecule has 1 fully saturated rings. The zero-order valence-corrected chi connectivity index (χ0v) is 8.01. The molecule has 0 radical (unpaired) electrons. The van der Waals surface area contributed by atoms with Gasteiger partial charge in [-0.2, -0.15) is 0 Å². The fourth-order valence-corrected chi connectivity index (χ4v) is 1.80. The molecule has 0 aromatic rings. The molecule has 0 aromatic heterocycles. The molecule has 2 heteroatoms. The van der Waals surface area contributed by atoms with Gasteiger partial charge < -0.3 is 4.74 Å². The Kier molecular flexibility index (Phi) is 3.73. The van der Waals surface area contributed by atoms with Gasteiger partial charge in [0.05, 0.1) is 13.2 Å². The molecule has 0 amide bonds. The molecule has 1 heterocycles. The monoisotopic (exact) mass is 170 g/mol. The van der Waals surface area contributed by atoms with Crippen LogP contribution in [0.25, 0.3) is 0 Å². The van der Waals surface area contributed by atoms with Gasteiger partial charge in [-0.3, -0.25) is 4.79 Å². The number of Topliss-reactive ketones (excluding diaryl/α,β-unsaturated/α-hetero) is 1. The summed E-state index contributed by atoms with van der Waals surface area (Å²) < 4.78 is 5.30. The molecule has 2 atom stereocenters. The minimum atomic E-state index is 0.179. The van der Waals surface area contributed by atoms with Gasteiger partial charge in [-0.05, 0) is 5.92 Å². The average Bonchev–Trinajstić information content (AvgIpc) is 2.05. The van der Waals surface area contributed by atoms with E-state index < -0.39 is 0 Å². The molecule has 0 aliphatic carbocycles. The molecule has 1 saturated heterocycles. The van der Waals surface area contributed by atoms with Crippen molar-refractivity contribution >= 4 is 5.78 Å². The maximum Gasteiger partial charge on any atom is 0.140 e. The first kappa shape index (κ1) is 9.72. The summed E-state index contributed by atoms with van der Waals surface area (Å²) in [5, 5.41) is 0. The molecule has 1 rings (SSSR count). The maximum absolute atomic E-state index is 11.4. The highest BCUT2D eigenvalue weighted by Gasteiger charge is 2.27. The van der Waals surface area contributed by atoms with Gasteiger partial charge in [-0.25, -0.2) is 0 Å². The highest BCUT2D eigenvalue weighted by atomic mass is 16.5. The quantitative estimate of drug-likeness (QED) is 0.647. The van der Waals surface area contributed by atoms with Crippen molar-refractivity contribution in [2.24, 2.45) is 11.8 Å². The van der Waals surface area contributed by atoms with Gasteiger partial charge in [0.2, 0.25) is 0 Å². The second-order valence-electron chi connectivity index (χ2n) is 3.66. The third-order valence-electron chi connectivity index (χ3n) is 2.63. The molecule has 0 spiro atoms. The van der Waals surface area contributed by atoms with E-state index in [4.69, 9.17) is 4.74 Å². The lowest BCUT2D eigenvalue weighted by Crippen LogP contribution is -2.32. The molecule has 0 bridgehead atoms. The second kappa shape index (κ2) is 4.61. The molecule has 70 valence electrons. The van der Waals surface area contributed by atoms with Crippen LogP contribution in [0, 0.1) is 11.8 Å². The van der Waals surface area contributed by atoms with Crippen molar-refractivity contribution in [1.29, 1.82) is 0 Å². The van der Waals surface area contributed by atoms with Crippen LogP contribution in [0.4, 0.5) is 0 Å². The zero-order chi connectivity index (χ0) is 8.97. The van der Waals surface area contributed by atoms with Crippen LogP contribution in [0.15, 0.2) is 0 Å². The number of ether oxygens (including phenoxy) is 1. The summed E-state index contributed by atoms with van der Waals surface area (Å²) in [4.78, 5) is 11.4. The van der Waals surface area contributed by atoms with Crippen LogP contribution in [0.3, 0.4) is 0 Å². The Hall–Kier alpha value is -0.370. The summed E-state index contributed by atoms with van der Waals surface area (Å²) >= 11 is 0. The summed E-state index contributed by atoms with van der Waals surface area (Å²) in [6, 6.07) is 0. The van der Waals surface area contributed by atoms with Crippen molar-refractivity contribution in [2.75, 3.05) is 13.2 Å². The van der Waals surface area contributed by atoms with Crippen molar-refractivity contribution in [3.63, 3.8) is 0 Å². The lowest BCUT2D eigenvalue weighted by atomic mass is 9.85. The fourth-order valence-electron chi connectivity index (χ4n) is 1.80. The number of ketones is 1. The largest absolute Gasteiger partial charge is 0.380 e. The van der Waals surface area contributed by atoms with Gasteiger partial charge in [0.25, 0.3) is 0 Å². The topological polar surface area (TPSA) is 26.3 Å². The van der Waals surface area contributed by atoms with Crippen LogP contribution >= 0.6 is 0 Å². The maximum atomic E-state index is 11.4. The van der Waals surface area contributed by atoms with E-state index in [0.717, 1.165) is 12.8 Å². The van der Waals surface area contributed by atoms with E-state index in [1.54, 1.807) is 0 Å². The van der Waals surface area contributed by atoms with Crippen LogP contribution in [0.1, 0.15) is 33.1 Å². The van der Waals surface area contributed by atoms with E-state index in [1.165, 1.54) is 0 Å². The van der Waals surface area contributed by atoms with Gasteiger partial charge in [-0.1, -0.05) is 26.7 Å². The molecular weight excluding hydrogens is 152 g/mol. The number of carbonyl (C=O) groups excluding carboxylic acids is 1. The van der Waals surface area contributed by atoms with Crippen LogP contribution < -0.4 is 0 Å². The van der Waals surface area contributed by atoms with E-state index >= 15 is 0 Å². The van der Waals surface area contributed by atoms with Crippen molar-refractivity contribution in [3.8, 4) is 0 Å². The van der Waals surface area contributed by atoms with E-state index in [2.05, 4.69) is 13.8 Å². The Bertz CT molecular complexity index is 154. The molecule has 1 aliphatic heterocycles. The predicted octanol–water partition coefficient (Wildman–Crippen LogP) is 2.03. The van der Waals surface area contributed by atoms with Crippen LogP contribution in [0.2, 0.25) is 0 Å². The van der Waals surface area contributed by atoms with Crippen molar-refractivity contribution in [2.45, 2.75) is 33.1 Å². The Balaban J connectivity index is 2.42. The summed E-state index contributed by atoms with van der Waals surface area (Å²) in [6.07, 6.45) is 2.92. The van der Waals surface area contributed by atoms with E-state index in [0.29, 0.717) is 31.3 Å². The second-order valence-corrected chi connectivity index (χ2v) is 3.66. The van der Waals surface area contributed by atoms with Gasteiger partial charge in [-0.15, -0.1) is 0 Å². The molecule has 1 aliphatic rings. The minimum Gasteiger partial charge on any atom is -0.380 e. The lowest BCUT2D eigenvalue weighted by molar-refractivity contribution is -0.132. The van der Waals surface area contributed by atoms with Gasteiger partial charge >= 0.3 is 0 Å². The lowest BCUT2D eigenvalue weighted by Gasteiger charge is -2.26. The predicted molar refractivity (Wildman–Crippen MR) is 48.0 cm³/mol.